The molecule has 0 unspecified atom stereocenters. The van der Waals surface area contributed by atoms with Crippen LogP contribution in [0.4, 0.5) is 5.69 Å². The standard InChI is InChI=1S/C25H23Cl2N3O5S/c1-3-35-25(33)19(29-24(32)22(30-34-2)20-8-5-13-36-20)14-15-9-11-16(12-10-15)28-23(31)21-17(26)6-4-7-18(21)27/h4-13,19H,3,14H2,1-2H3,(H,28,31)(H,29,32)/t19-/m0/s1. The van der Waals surface area contributed by atoms with Gasteiger partial charge in [0.25, 0.3) is 11.8 Å². The number of thiophene rings is 1. The number of hydrogen-bond acceptors (Lipinski definition) is 7. The molecule has 1 heterocycles. The maximum atomic E-state index is 12.9. The van der Waals surface area contributed by atoms with Crippen molar-refractivity contribution in [2.75, 3.05) is 19.0 Å². The zero-order valence-electron chi connectivity index (χ0n) is 19.4. The Kier molecular flexibility index (Phi) is 9.86. The summed E-state index contributed by atoms with van der Waals surface area (Å²) in [6, 6.07) is 14.1. The molecule has 1 atom stereocenters. The number of carbonyl (C=O) groups excluding carboxylic acids is 3. The van der Waals surface area contributed by atoms with E-state index >= 15 is 0 Å². The summed E-state index contributed by atoms with van der Waals surface area (Å²) < 4.78 is 5.15. The number of hydrogen-bond donors (Lipinski definition) is 2. The minimum Gasteiger partial charge on any atom is -0.464 e. The normalized spacial score (nSPS) is 11.9. The minimum absolute atomic E-state index is 0.0538. The summed E-state index contributed by atoms with van der Waals surface area (Å²) >= 11 is 13.5. The lowest BCUT2D eigenvalue weighted by Gasteiger charge is -2.18. The molecule has 0 aliphatic heterocycles. The van der Waals surface area contributed by atoms with E-state index in [1.807, 2.05) is 0 Å². The van der Waals surface area contributed by atoms with Crippen LogP contribution in [0.2, 0.25) is 10.0 Å². The molecule has 0 radical (unpaired) electrons. The first-order valence-corrected chi connectivity index (χ1v) is 12.4. The van der Waals surface area contributed by atoms with Gasteiger partial charge in [0.1, 0.15) is 13.2 Å². The Labute approximate surface area is 222 Å². The number of rotatable bonds is 10. The van der Waals surface area contributed by atoms with Gasteiger partial charge in [0.15, 0.2) is 5.71 Å². The summed E-state index contributed by atoms with van der Waals surface area (Å²) in [6.07, 6.45) is 0.153. The second-order valence-corrected chi connectivity index (χ2v) is 9.09. The molecule has 8 nitrogen and oxygen atoms in total. The Morgan fingerprint density at radius 3 is 2.31 bits per heavy atom. The van der Waals surface area contributed by atoms with Crippen molar-refractivity contribution in [2.24, 2.45) is 5.16 Å². The molecule has 3 rings (SSSR count). The van der Waals surface area contributed by atoms with Crippen molar-refractivity contribution in [3.63, 3.8) is 0 Å². The SMILES string of the molecule is CCOC(=O)[C@H](Cc1ccc(NC(=O)c2c(Cl)cccc2Cl)cc1)NC(=O)C(=NOC)c1cccs1. The van der Waals surface area contributed by atoms with Crippen molar-refractivity contribution >= 4 is 63.7 Å². The lowest BCUT2D eigenvalue weighted by molar-refractivity contribution is -0.146. The second kappa shape index (κ2) is 13.1. The van der Waals surface area contributed by atoms with Gasteiger partial charge in [-0.1, -0.05) is 52.6 Å². The van der Waals surface area contributed by atoms with Crippen LogP contribution >= 0.6 is 34.5 Å². The van der Waals surface area contributed by atoms with Gasteiger partial charge < -0.3 is 20.2 Å². The van der Waals surface area contributed by atoms with Crippen LogP contribution in [-0.4, -0.2) is 43.3 Å². The number of carbonyl (C=O) groups is 3. The Morgan fingerprint density at radius 1 is 1.03 bits per heavy atom. The first-order chi connectivity index (χ1) is 17.3. The van der Waals surface area contributed by atoms with Crippen LogP contribution in [-0.2, 0) is 25.6 Å². The van der Waals surface area contributed by atoms with Crippen molar-refractivity contribution in [3.05, 3.63) is 86.0 Å². The number of nitrogens with zero attached hydrogens (tertiary/aromatic N) is 1. The molecule has 0 spiro atoms. The topological polar surface area (TPSA) is 106 Å². The van der Waals surface area contributed by atoms with Crippen molar-refractivity contribution in [1.82, 2.24) is 5.32 Å². The molecule has 0 bridgehead atoms. The molecule has 1 aromatic heterocycles. The second-order valence-electron chi connectivity index (χ2n) is 7.33. The van der Waals surface area contributed by atoms with E-state index in [4.69, 9.17) is 32.8 Å². The fraction of sp³-hybridized carbons (Fsp3) is 0.200. The number of halogens is 2. The molecule has 0 aliphatic rings. The highest BCUT2D eigenvalue weighted by molar-refractivity contribution is 7.13. The number of esters is 1. The number of ether oxygens (including phenoxy) is 1. The zero-order valence-corrected chi connectivity index (χ0v) is 21.7. The van der Waals surface area contributed by atoms with E-state index in [0.29, 0.717) is 10.6 Å². The fourth-order valence-corrected chi connectivity index (χ4v) is 4.51. The van der Waals surface area contributed by atoms with Crippen molar-refractivity contribution in [1.29, 1.82) is 0 Å². The van der Waals surface area contributed by atoms with Crippen molar-refractivity contribution < 1.29 is 24.0 Å². The third-order valence-electron chi connectivity index (χ3n) is 4.87. The van der Waals surface area contributed by atoms with E-state index < -0.39 is 23.8 Å². The average Bonchev–Trinajstić information content (AvgIpc) is 3.38. The largest absolute Gasteiger partial charge is 0.464 e. The highest BCUT2D eigenvalue weighted by atomic mass is 35.5. The summed E-state index contributed by atoms with van der Waals surface area (Å²) in [6.45, 7) is 1.84. The summed E-state index contributed by atoms with van der Waals surface area (Å²) in [5, 5.41) is 11.5. The monoisotopic (exact) mass is 547 g/mol. The molecule has 0 saturated heterocycles. The average molecular weight is 548 g/mol. The van der Waals surface area contributed by atoms with Crippen molar-refractivity contribution in [2.45, 2.75) is 19.4 Å². The summed E-state index contributed by atoms with van der Waals surface area (Å²) in [4.78, 5) is 43.5. The number of benzene rings is 2. The maximum absolute atomic E-state index is 12.9. The molecule has 2 N–H and O–H groups in total. The number of nitrogens with one attached hydrogen (secondary N) is 2. The molecule has 2 amide bonds. The van der Waals surface area contributed by atoms with Crippen LogP contribution in [0.5, 0.6) is 0 Å². The van der Waals surface area contributed by atoms with Gasteiger partial charge >= 0.3 is 5.97 Å². The third-order valence-corrected chi connectivity index (χ3v) is 6.38. The van der Waals surface area contributed by atoms with Gasteiger partial charge in [0.2, 0.25) is 0 Å². The van der Waals surface area contributed by atoms with Gasteiger partial charge in [0.05, 0.1) is 27.1 Å². The minimum atomic E-state index is -0.971. The van der Waals surface area contributed by atoms with Gasteiger partial charge in [0, 0.05) is 12.1 Å². The molecule has 0 aliphatic carbocycles. The maximum Gasteiger partial charge on any atom is 0.328 e. The lowest BCUT2D eigenvalue weighted by atomic mass is 10.0. The predicted molar refractivity (Wildman–Crippen MR) is 141 cm³/mol. The predicted octanol–water partition coefficient (Wildman–Crippen LogP) is 4.95. The van der Waals surface area contributed by atoms with Gasteiger partial charge in [-0.2, -0.15) is 0 Å². The van der Waals surface area contributed by atoms with E-state index in [-0.39, 0.29) is 34.3 Å². The van der Waals surface area contributed by atoms with Crippen LogP contribution in [0, 0.1) is 0 Å². The van der Waals surface area contributed by atoms with Crippen LogP contribution in [0.15, 0.2) is 65.1 Å². The molecule has 36 heavy (non-hydrogen) atoms. The zero-order chi connectivity index (χ0) is 26.1. The van der Waals surface area contributed by atoms with E-state index in [9.17, 15) is 14.4 Å². The molecular formula is C25H23Cl2N3O5S. The van der Waals surface area contributed by atoms with Crippen LogP contribution < -0.4 is 10.6 Å². The van der Waals surface area contributed by atoms with Crippen LogP contribution in [0.25, 0.3) is 0 Å². The van der Waals surface area contributed by atoms with Crippen LogP contribution in [0.3, 0.4) is 0 Å². The van der Waals surface area contributed by atoms with Crippen LogP contribution in [0.1, 0.15) is 27.7 Å². The van der Waals surface area contributed by atoms with Gasteiger partial charge in [-0.05, 0) is 48.2 Å². The first kappa shape index (κ1) is 27.2. The van der Waals surface area contributed by atoms with Gasteiger partial charge in [-0.25, -0.2) is 4.79 Å². The molecule has 2 aromatic carbocycles. The molecule has 188 valence electrons. The third kappa shape index (κ3) is 7.07. The number of oxime groups is 1. The van der Waals surface area contributed by atoms with Crippen molar-refractivity contribution in [3.8, 4) is 0 Å². The molecule has 0 fully saturated rings. The summed E-state index contributed by atoms with van der Waals surface area (Å²) in [5.41, 5.74) is 1.46. The molecule has 3 aromatic rings. The Balaban J connectivity index is 1.73. The smallest absolute Gasteiger partial charge is 0.328 e. The highest BCUT2D eigenvalue weighted by Crippen LogP contribution is 2.25. The molecule has 11 heteroatoms. The molecule has 0 saturated carbocycles. The van der Waals surface area contributed by atoms with E-state index in [0.717, 1.165) is 5.56 Å². The highest BCUT2D eigenvalue weighted by Gasteiger charge is 2.26. The number of anilines is 1. The quantitative estimate of drug-likeness (QED) is 0.212. The van der Waals surface area contributed by atoms with E-state index in [1.165, 1.54) is 18.4 Å². The lowest BCUT2D eigenvalue weighted by Crippen LogP contribution is -2.46. The van der Waals surface area contributed by atoms with Gasteiger partial charge in [-0.3, -0.25) is 9.59 Å². The Bertz CT molecular complexity index is 1230. The summed E-state index contributed by atoms with van der Waals surface area (Å²) in [7, 11) is 1.34. The molecular weight excluding hydrogens is 525 g/mol. The fourth-order valence-electron chi connectivity index (χ4n) is 3.23. The van der Waals surface area contributed by atoms with E-state index in [1.54, 1.807) is 66.9 Å². The number of amides is 2. The van der Waals surface area contributed by atoms with Gasteiger partial charge in [-0.15, -0.1) is 11.3 Å². The first-order valence-electron chi connectivity index (χ1n) is 10.8. The Morgan fingerprint density at radius 2 is 1.72 bits per heavy atom. The Hall–Kier alpha value is -3.40. The summed E-state index contributed by atoms with van der Waals surface area (Å²) in [5.74, 6) is -1.61. The van der Waals surface area contributed by atoms with E-state index in [2.05, 4.69) is 15.8 Å².